The van der Waals surface area contributed by atoms with Crippen LogP contribution in [0.3, 0.4) is 0 Å². The van der Waals surface area contributed by atoms with Crippen LogP contribution in [0.2, 0.25) is 0 Å². The lowest BCUT2D eigenvalue weighted by molar-refractivity contribution is 0.0931. The van der Waals surface area contributed by atoms with Gasteiger partial charge in [-0.1, -0.05) is 37.3 Å². The molecule has 7 heteroatoms. The van der Waals surface area contributed by atoms with Gasteiger partial charge in [0.2, 0.25) is 0 Å². The number of aliphatic imine (C=N–C) groups is 1. The van der Waals surface area contributed by atoms with Crippen LogP contribution in [0.5, 0.6) is 0 Å². The number of hydrogen-bond donors (Lipinski definition) is 2. The van der Waals surface area contributed by atoms with Gasteiger partial charge in [0.05, 0.1) is 13.2 Å². The summed E-state index contributed by atoms with van der Waals surface area (Å²) in [6.45, 7) is 7.29. The van der Waals surface area contributed by atoms with E-state index in [-0.39, 0.29) is 24.0 Å². The van der Waals surface area contributed by atoms with Crippen molar-refractivity contribution in [1.29, 1.82) is 0 Å². The lowest BCUT2D eigenvalue weighted by Gasteiger charge is -2.28. The fourth-order valence-corrected chi connectivity index (χ4v) is 3.55. The zero-order chi connectivity index (χ0) is 21.0. The Bertz CT molecular complexity index is 781. The highest BCUT2D eigenvalue weighted by atomic mass is 127. The summed E-state index contributed by atoms with van der Waals surface area (Å²) in [4.78, 5) is 11.3. The first-order valence-electron chi connectivity index (χ1n) is 11.0. The predicted octanol–water partition coefficient (Wildman–Crippen LogP) is 4.21. The number of aromatic nitrogens is 1. The third kappa shape index (κ3) is 9.03. The summed E-state index contributed by atoms with van der Waals surface area (Å²) in [5, 5.41) is 6.80. The number of benzene rings is 1. The van der Waals surface area contributed by atoms with Crippen molar-refractivity contribution in [2.45, 2.75) is 39.3 Å². The minimum absolute atomic E-state index is 0. The Balaban J connectivity index is 0.00000341. The maximum atomic E-state index is 5.84. The molecule has 1 aliphatic rings. The molecule has 1 fully saturated rings. The predicted molar refractivity (Wildman–Crippen MR) is 139 cm³/mol. The summed E-state index contributed by atoms with van der Waals surface area (Å²) in [5.74, 6) is 2.28. The number of ether oxygens (including phenoxy) is 1. The molecule has 1 atom stereocenters. The summed E-state index contributed by atoms with van der Waals surface area (Å²) >= 11 is 0. The summed E-state index contributed by atoms with van der Waals surface area (Å²) in [6.07, 6.45) is 5.75. The first-order chi connectivity index (χ1) is 14.7. The fraction of sp³-hybridized carbons (Fsp3) is 0.500. The van der Waals surface area contributed by atoms with Crippen molar-refractivity contribution in [2.24, 2.45) is 10.9 Å². The highest BCUT2D eigenvalue weighted by molar-refractivity contribution is 14.0. The van der Waals surface area contributed by atoms with E-state index in [1.807, 2.05) is 24.4 Å². The van der Waals surface area contributed by atoms with Gasteiger partial charge < -0.3 is 20.3 Å². The smallest absolute Gasteiger partial charge is 0.191 e. The largest absolute Gasteiger partial charge is 0.376 e. The lowest BCUT2D eigenvalue weighted by atomic mass is 10.1. The quantitative estimate of drug-likeness (QED) is 0.285. The molecule has 0 aliphatic carbocycles. The Hall–Kier alpha value is -1.87. The van der Waals surface area contributed by atoms with Gasteiger partial charge in [0.1, 0.15) is 5.82 Å². The molecule has 1 aromatic carbocycles. The summed E-state index contributed by atoms with van der Waals surface area (Å²) in [7, 11) is 1.80. The number of pyridine rings is 1. The van der Waals surface area contributed by atoms with Crippen LogP contribution in [-0.2, 0) is 17.9 Å². The van der Waals surface area contributed by atoms with Crippen molar-refractivity contribution >= 4 is 35.8 Å². The van der Waals surface area contributed by atoms with E-state index in [1.54, 1.807) is 7.05 Å². The summed E-state index contributed by atoms with van der Waals surface area (Å²) in [6, 6.07) is 14.5. The molecule has 6 nitrogen and oxygen atoms in total. The molecule has 1 saturated heterocycles. The maximum absolute atomic E-state index is 5.84. The zero-order valence-corrected chi connectivity index (χ0v) is 21.0. The second-order valence-corrected chi connectivity index (χ2v) is 7.98. The average Bonchev–Trinajstić information content (AvgIpc) is 2.81. The second-order valence-electron chi connectivity index (χ2n) is 7.98. The molecule has 2 aromatic rings. The zero-order valence-electron chi connectivity index (χ0n) is 18.7. The topological polar surface area (TPSA) is 61.8 Å². The van der Waals surface area contributed by atoms with Crippen molar-refractivity contribution in [3.8, 4) is 0 Å². The minimum atomic E-state index is 0. The molecule has 2 N–H and O–H groups in total. The first-order valence-corrected chi connectivity index (χ1v) is 11.0. The molecule has 1 aromatic heterocycles. The number of guanidine groups is 1. The molecule has 1 unspecified atom stereocenters. The van der Waals surface area contributed by atoms with Crippen molar-refractivity contribution in [3.63, 3.8) is 0 Å². The molecule has 3 rings (SSSR count). The van der Waals surface area contributed by atoms with E-state index in [9.17, 15) is 0 Å². The Kier molecular flexibility index (Phi) is 11.7. The lowest BCUT2D eigenvalue weighted by Crippen LogP contribution is -2.39. The first kappa shape index (κ1) is 25.4. The van der Waals surface area contributed by atoms with Crippen LogP contribution in [0.25, 0.3) is 0 Å². The molecular formula is C24H36IN5O. The number of hydrogen-bond acceptors (Lipinski definition) is 4. The van der Waals surface area contributed by atoms with Crippen molar-refractivity contribution < 1.29 is 4.74 Å². The van der Waals surface area contributed by atoms with Gasteiger partial charge in [0.25, 0.3) is 0 Å². The minimum Gasteiger partial charge on any atom is -0.376 e. The van der Waals surface area contributed by atoms with Crippen LogP contribution in [-0.4, -0.2) is 44.2 Å². The molecule has 1 aliphatic heterocycles. The molecule has 170 valence electrons. The van der Waals surface area contributed by atoms with Crippen LogP contribution in [0.4, 0.5) is 5.82 Å². The van der Waals surface area contributed by atoms with Crippen LogP contribution in [0.1, 0.15) is 37.3 Å². The van der Waals surface area contributed by atoms with E-state index < -0.39 is 0 Å². The van der Waals surface area contributed by atoms with E-state index in [0.29, 0.717) is 19.1 Å². The normalized spacial score (nSPS) is 15.2. The molecule has 0 spiro atoms. The number of nitrogens with zero attached hydrogens (tertiary/aromatic N) is 3. The number of nitrogens with one attached hydrogen (secondary N) is 2. The number of halogens is 1. The average molecular weight is 537 g/mol. The summed E-state index contributed by atoms with van der Waals surface area (Å²) in [5.41, 5.74) is 2.42. The number of anilines is 1. The third-order valence-electron chi connectivity index (χ3n) is 5.31. The second kappa shape index (κ2) is 14.2. The summed E-state index contributed by atoms with van der Waals surface area (Å²) < 4.78 is 5.84. The van der Waals surface area contributed by atoms with Crippen molar-refractivity contribution in [2.75, 3.05) is 38.2 Å². The van der Waals surface area contributed by atoms with E-state index in [4.69, 9.17) is 4.74 Å². The van der Waals surface area contributed by atoms with Crippen molar-refractivity contribution in [3.05, 3.63) is 59.8 Å². The van der Waals surface area contributed by atoms with E-state index >= 15 is 0 Å². The molecule has 0 saturated carbocycles. The van der Waals surface area contributed by atoms with Gasteiger partial charge in [-0.25, -0.2) is 4.98 Å². The van der Waals surface area contributed by atoms with Gasteiger partial charge in [-0.3, -0.25) is 4.99 Å². The third-order valence-corrected chi connectivity index (χ3v) is 5.31. The van der Waals surface area contributed by atoms with Crippen LogP contribution < -0.4 is 15.5 Å². The van der Waals surface area contributed by atoms with E-state index in [1.165, 1.54) is 30.4 Å². The van der Waals surface area contributed by atoms with Crippen LogP contribution >= 0.6 is 24.0 Å². The van der Waals surface area contributed by atoms with E-state index in [0.717, 1.165) is 38.0 Å². The maximum Gasteiger partial charge on any atom is 0.191 e. The van der Waals surface area contributed by atoms with Gasteiger partial charge in [-0.2, -0.15) is 0 Å². The highest BCUT2D eigenvalue weighted by Crippen LogP contribution is 2.18. The Morgan fingerprint density at radius 2 is 1.87 bits per heavy atom. The van der Waals surface area contributed by atoms with Crippen molar-refractivity contribution in [1.82, 2.24) is 15.6 Å². The van der Waals surface area contributed by atoms with Gasteiger partial charge >= 0.3 is 0 Å². The standard InChI is InChI=1S/C24H35N5O.HI/c1-20(18-30-19-21-9-5-3-6-10-21)16-27-24(25-2)28-17-22-11-12-26-23(15-22)29-13-7-4-8-14-29;/h3,5-6,9-12,15,20H,4,7-8,13-14,16-19H2,1-2H3,(H2,25,27,28);1H. The number of piperidine rings is 1. The molecule has 0 radical (unpaired) electrons. The fourth-order valence-electron chi connectivity index (χ4n) is 3.55. The molecule has 0 bridgehead atoms. The molecule has 31 heavy (non-hydrogen) atoms. The van der Waals surface area contributed by atoms with Crippen LogP contribution in [0.15, 0.2) is 53.7 Å². The monoisotopic (exact) mass is 537 g/mol. The van der Waals surface area contributed by atoms with Gasteiger partial charge in [0, 0.05) is 39.4 Å². The van der Waals surface area contributed by atoms with Gasteiger partial charge in [-0.15, -0.1) is 24.0 Å². The highest BCUT2D eigenvalue weighted by Gasteiger charge is 2.12. The Morgan fingerprint density at radius 1 is 1.10 bits per heavy atom. The van der Waals surface area contributed by atoms with Gasteiger partial charge in [0.15, 0.2) is 5.96 Å². The Labute approximate surface area is 203 Å². The SMILES string of the molecule is CN=C(NCc1ccnc(N2CCCCC2)c1)NCC(C)COCc1ccccc1.I. The molecular weight excluding hydrogens is 501 g/mol. The number of rotatable bonds is 9. The van der Waals surface area contributed by atoms with E-state index in [2.05, 4.69) is 56.7 Å². The van der Waals surface area contributed by atoms with Crippen LogP contribution in [0, 0.1) is 5.92 Å². The van der Waals surface area contributed by atoms with Gasteiger partial charge in [-0.05, 0) is 48.4 Å². The molecule has 2 heterocycles. The molecule has 0 amide bonds. The Morgan fingerprint density at radius 3 is 2.61 bits per heavy atom.